The third kappa shape index (κ3) is 9.67. The lowest BCUT2D eigenvalue weighted by atomic mass is 9.65. The predicted molar refractivity (Wildman–Crippen MR) is 290 cm³/mol. The van der Waals surface area contributed by atoms with Gasteiger partial charge in [0.05, 0.1) is 19.1 Å². The number of pyridine rings is 1. The molecule has 4 aromatic rings. The Morgan fingerprint density at radius 2 is 1.93 bits per heavy atom. The van der Waals surface area contributed by atoms with E-state index in [1.807, 2.05) is 27.7 Å². The Hall–Kier alpha value is -5.04. The van der Waals surface area contributed by atoms with Crippen molar-refractivity contribution in [2.45, 2.75) is 139 Å². The summed E-state index contributed by atoms with van der Waals surface area (Å²) in [4.78, 5) is 18.0. The summed E-state index contributed by atoms with van der Waals surface area (Å²) in [5, 5.41) is 31.8. The number of nitrogens with one attached hydrogen (secondary N) is 2. The van der Waals surface area contributed by atoms with E-state index in [4.69, 9.17) is 34.4 Å². The van der Waals surface area contributed by atoms with Gasteiger partial charge in [-0.05, 0) is 135 Å². The lowest BCUT2D eigenvalue weighted by Crippen LogP contribution is -2.49. The molecule has 6 bridgehead atoms. The Balaban J connectivity index is 1.16. The number of hydrogen-bond donors (Lipinski definition) is 5. The standard InChI is InChI=1S/C59H70N4O8S2/c1-5-36-24-37-22-34-18-19-59(27-34)28-38-25-40(65)26-49(68-4)51(38)43-15-14-42-46(30-69-33(2)64)55(71-56(42)53(43)59)52-41(12-9-13-47(37)63-58(36)60)45(29-61-20-6-7-21-67-3)54(66)57-44(52)16-17-48-50(70-57)32-73-72-31-35-10-8-11-39(23-35)62-48/h14-17,24-26,34-35,39,46,48,50,55,61-62,65-66H,5-8,10-12,18-23,27-32H2,1-4H3,(H2,60,63)/t34-,35-,39+,46+,48+,50-,55+,59-/m1/s1. The minimum absolute atomic E-state index is 0.0768. The molecule has 3 fully saturated rings. The van der Waals surface area contributed by atoms with Crippen LogP contribution in [0.25, 0.3) is 17.2 Å². The maximum Gasteiger partial charge on any atom is 0.302 e. The predicted octanol–water partition coefficient (Wildman–Crippen LogP) is 10.0. The second-order valence-corrected chi connectivity index (χ2v) is 24.1. The topological polar surface area (TPSA) is 167 Å². The number of nitrogens with zero attached hydrogens (tertiary/aromatic N) is 1. The van der Waals surface area contributed by atoms with Crippen LogP contribution in [0.4, 0.5) is 5.82 Å². The first kappa shape index (κ1) is 50.1. The second kappa shape index (κ2) is 21.3. The van der Waals surface area contributed by atoms with Crippen LogP contribution in [0.1, 0.15) is 139 Å². The Morgan fingerprint density at radius 3 is 2.77 bits per heavy atom. The van der Waals surface area contributed by atoms with Crippen LogP contribution in [-0.4, -0.2) is 84.8 Å². The van der Waals surface area contributed by atoms with Crippen molar-refractivity contribution in [3.8, 4) is 51.7 Å². The van der Waals surface area contributed by atoms with Crippen molar-refractivity contribution in [2.24, 2.45) is 11.8 Å². The molecule has 2 saturated carbocycles. The summed E-state index contributed by atoms with van der Waals surface area (Å²) in [5.41, 5.74) is 17.4. The number of benzene rings is 3. The number of phenols is 2. The fourth-order valence-electron chi connectivity index (χ4n) is 13.5. The number of aromatic nitrogens is 1. The van der Waals surface area contributed by atoms with Crippen molar-refractivity contribution in [1.82, 2.24) is 15.6 Å². The van der Waals surface area contributed by atoms with Crippen LogP contribution in [0.3, 0.4) is 0 Å². The molecule has 386 valence electrons. The molecule has 73 heavy (non-hydrogen) atoms. The maximum absolute atomic E-state index is 13.0. The molecule has 7 aliphatic rings. The number of carbonyl (C=O) groups is 1. The zero-order chi connectivity index (χ0) is 50.4. The van der Waals surface area contributed by atoms with E-state index in [-0.39, 0.29) is 48.1 Å². The van der Waals surface area contributed by atoms with Crippen LogP contribution >= 0.6 is 21.6 Å². The van der Waals surface area contributed by atoms with Gasteiger partial charge in [0, 0.05) is 96.0 Å². The zero-order valence-electron chi connectivity index (χ0n) is 42.7. The number of hydrogen-bond acceptors (Lipinski definition) is 14. The minimum atomic E-state index is -0.676. The van der Waals surface area contributed by atoms with Gasteiger partial charge >= 0.3 is 5.97 Å². The van der Waals surface area contributed by atoms with Crippen LogP contribution in [-0.2, 0) is 51.9 Å². The fourth-order valence-corrected chi connectivity index (χ4v) is 16.2. The number of aryl methyl sites for hydroxylation is 1. The number of anilines is 1. The molecule has 5 heterocycles. The fraction of sp³-hybridized carbons (Fsp3) is 0.525. The van der Waals surface area contributed by atoms with Gasteiger partial charge in [0.2, 0.25) is 0 Å². The Bertz CT molecular complexity index is 2880. The molecule has 12 nitrogen and oxygen atoms in total. The highest BCUT2D eigenvalue weighted by atomic mass is 33.1. The maximum atomic E-state index is 13.0. The SMILES string of the molecule is CCc1cc2c(nc1N)C#CCc1c(CNCCCCOC)c(O)c3c(c1[C@H]1Oc4c(ccc5c4[C@@]4(CC[C@H](C2)C4)Cc2cc(O)cc(OC)c2-5)[C@@H]1COC(C)=O)C=C[C@@H]1N[C@H]2CCC[C@@H](CSSC[C@H]1O3)C2. The number of phenolic OH excluding ortho intramolecular Hbond substituents is 2. The van der Waals surface area contributed by atoms with Crippen molar-refractivity contribution in [1.29, 1.82) is 0 Å². The number of aromatic hydroxyl groups is 2. The number of nitrogen functional groups attached to an aromatic ring is 1. The highest BCUT2D eigenvalue weighted by molar-refractivity contribution is 8.76. The summed E-state index contributed by atoms with van der Waals surface area (Å²) in [6.07, 6.45) is 15.2. The summed E-state index contributed by atoms with van der Waals surface area (Å²) in [6.45, 7) is 5.38. The molecule has 11 rings (SSSR count). The molecule has 1 aromatic heterocycles. The molecule has 0 unspecified atom stereocenters. The van der Waals surface area contributed by atoms with E-state index in [0.717, 1.165) is 131 Å². The number of ether oxygens (including phenoxy) is 5. The molecule has 3 aliphatic carbocycles. The number of rotatable bonds is 11. The van der Waals surface area contributed by atoms with Gasteiger partial charge in [0.1, 0.15) is 47.6 Å². The molecule has 0 amide bonds. The van der Waals surface area contributed by atoms with E-state index < -0.39 is 12.0 Å². The molecular formula is C59H70N4O8S2. The Labute approximate surface area is 438 Å². The molecule has 1 spiro atoms. The van der Waals surface area contributed by atoms with Crippen LogP contribution < -0.4 is 30.6 Å². The number of carbonyl (C=O) groups excluding carboxylic acids is 1. The molecule has 6 N–H and O–H groups in total. The average Bonchev–Trinajstić information content (AvgIpc) is 3.90. The largest absolute Gasteiger partial charge is 0.508 e. The van der Waals surface area contributed by atoms with Gasteiger partial charge in [-0.3, -0.25) is 4.79 Å². The highest BCUT2D eigenvalue weighted by Crippen LogP contribution is 2.63. The van der Waals surface area contributed by atoms with E-state index >= 15 is 0 Å². The lowest BCUT2D eigenvalue weighted by molar-refractivity contribution is -0.141. The van der Waals surface area contributed by atoms with Gasteiger partial charge in [-0.1, -0.05) is 65.1 Å². The quantitative estimate of drug-likeness (QED) is 0.0417. The molecule has 1 saturated heterocycles. The van der Waals surface area contributed by atoms with Crippen molar-refractivity contribution < 1.29 is 38.7 Å². The first-order chi connectivity index (χ1) is 35.6. The zero-order valence-corrected chi connectivity index (χ0v) is 44.3. The van der Waals surface area contributed by atoms with E-state index in [0.29, 0.717) is 72.6 Å². The Kier molecular flexibility index (Phi) is 14.6. The van der Waals surface area contributed by atoms with Crippen LogP contribution in [0.5, 0.6) is 28.7 Å². The van der Waals surface area contributed by atoms with Gasteiger partial charge in [0.15, 0.2) is 11.5 Å². The lowest BCUT2D eigenvalue weighted by Gasteiger charge is -2.39. The molecule has 14 heteroatoms. The molecular weight excluding hydrogens is 957 g/mol. The molecule has 0 radical (unpaired) electrons. The van der Waals surface area contributed by atoms with E-state index in [9.17, 15) is 15.0 Å². The van der Waals surface area contributed by atoms with Gasteiger partial charge in [-0.15, -0.1) is 0 Å². The van der Waals surface area contributed by atoms with Gasteiger partial charge < -0.3 is 50.3 Å². The van der Waals surface area contributed by atoms with Crippen molar-refractivity contribution in [3.05, 3.63) is 92.2 Å². The Morgan fingerprint density at radius 1 is 1.05 bits per heavy atom. The number of nitrogens with two attached hydrogens (primary N) is 1. The van der Waals surface area contributed by atoms with Crippen LogP contribution in [0.15, 0.2) is 36.4 Å². The first-order valence-electron chi connectivity index (χ1n) is 26.7. The normalized spacial score (nSPS) is 26.3. The number of unbranched alkanes of at least 4 members (excludes halogenated alkanes) is 1. The van der Waals surface area contributed by atoms with Crippen molar-refractivity contribution >= 4 is 39.5 Å². The highest BCUT2D eigenvalue weighted by Gasteiger charge is 2.52. The smallest absolute Gasteiger partial charge is 0.302 e. The third-order valence-electron chi connectivity index (χ3n) is 16.9. The van der Waals surface area contributed by atoms with Crippen molar-refractivity contribution in [2.75, 3.05) is 51.2 Å². The summed E-state index contributed by atoms with van der Waals surface area (Å²) < 4.78 is 32.6. The second-order valence-electron chi connectivity index (χ2n) is 21.5. The van der Waals surface area contributed by atoms with Gasteiger partial charge in [-0.2, -0.15) is 0 Å². The molecule has 4 aliphatic heterocycles. The minimum Gasteiger partial charge on any atom is -0.508 e. The molecule has 8 atom stereocenters. The van der Waals surface area contributed by atoms with E-state index in [2.05, 4.69) is 59.7 Å². The number of esters is 1. The van der Waals surface area contributed by atoms with E-state index in [1.54, 1.807) is 20.3 Å². The summed E-state index contributed by atoms with van der Waals surface area (Å²) in [5.74, 6) is 11.8. The number of methoxy groups -OCH3 is 2. The van der Waals surface area contributed by atoms with E-state index in [1.165, 1.54) is 19.8 Å². The summed E-state index contributed by atoms with van der Waals surface area (Å²) in [7, 11) is 7.18. The summed E-state index contributed by atoms with van der Waals surface area (Å²) >= 11 is 0. The van der Waals surface area contributed by atoms with Crippen LogP contribution in [0, 0.1) is 23.7 Å². The first-order valence-corrected chi connectivity index (χ1v) is 29.1. The molecule has 3 aromatic carbocycles. The van der Waals surface area contributed by atoms with Gasteiger partial charge in [-0.25, -0.2) is 4.98 Å². The van der Waals surface area contributed by atoms with Crippen LogP contribution in [0.2, 0.25) is 0 Å². The monoisotopic (exact) mass is 1030 g/mol. The average molecular weight is 1030 g/mol. The summed E-state index contributed by atoms with van der Waals surface area (Å²) in [6, 6.07) is 10.4. The van der Waals surface area contributed by atoms with Gasteiger partial charge in [0.25, 0.3) is 0 Å². The number of fused-ring (bicyclic) bond motifs is 12. The van der Waals surface area contributed by atoms with Crippen molar-refractivity contribution in [3.63, 3.8) is 0 Å². The third-order valence-corrected chi connectivity index (χ3v) is 19.5.